The molecule has 1 saturated heterocycles. The molecule has 0 radical (unpaired) electrons. The highest BCUT2D eigenvalue weighted by Crippen LogP contribution is 2.29. The molecule has 21 heavy (non-hydrogen) atoms. The topological polar surface area (TPSA) is 71.5 Å². The van der Waals surface area contributed by atoms with E-state index in [-0.39, 0.29) is 11.2 Å². The van der Waals surface area contributed by atoms with Crippen molar-refractivity contribution in [2.24, 2.45) is 0 Å². The maximum Gasteiger partial charge on any atom is 0.354 e. The molecule has 0 spiro atoms. The Balaban J connectivity index is 2.05. The number of anilines is 1. The highest BCUT2D eigenvalue weighted by Gasteiger charge is 2.28. The first-order valence-corrected chi connectivity index (χ1v) is 7.06. The quantitative estimate of drug-likeness (QED) is 0.907. The molecule has 0 bridgehead atoms. The Morgan fingerprint density at radius 2 is 2.24 bits per heavy atom. The Morgan fingerprint density at radius 1 is 1.43 bits per heavy atom. The molecule has 2 aromatic rings. The lowest BCUT2D eigenvalue weighted by Gasteiger charge is -2.35. The van der Waals surface area contributed by atoms with Crippen LogP contribution in [0.25, 0.3) is 10.9 Å². The lowest BCUT2D eigenvalue weighted by molar-refractivity contribution is 0.0541. The van der Waals surface area contributed by atoms with Crippen LogP contribution in [0.4, 0.5) is 5.69 Å². The Morgan fingerprint density at radius 3 is 2.95 bits per heavy atom. The van der Waals surface area contributed by atoms with Gasteiger partial charge in [-0.25, -0.2) is 9.78 Å². The third kappa shape index (κ3) is 2.83. The smallest absolute Gasteiger partial charge is 0.354 e. The average Bonchev–Trinajstić information content (AvgIpc) is 2.47. The fourth-order valence-electron chi connectivity index (χ4n) is 2.75. The van der Waals surface area contributed by atoms with Crippen LogP contribution in [0.15, 0.2) is 30.3 Å². The SMILES string of the molecule is CC1(Nc2cc(C(=O)O)nc3ccccc23)CCCOC1. The Hall–Kier alpha value is -2.14. The molecule has 1 atom stereocenters. The lowest BCUT2D eigenvalue weighted by Crippen LogP contribution is -2.43. The number of pyridine rings is 1. The first-order chi connectivity index (χ1) is 10.1. The summed E-state index contributed by atoms with van der Waals surface area (Å²) in [6.07, 6.45) is 1.99. The molecule has 3 rings (SSSR count). The molecule has 110 valence electrons. The number of carbonyl (C=O) groups is 1. The molecule has 0 aliphatic carbocycles. The zero-order valence-electron chi connectivity index (χ0n) is 11.9. The van der Waals surface area contributed by atoms with Gasteiger partial charge < -0.3 is 15.2 Å². The lowest BCUT2D eigenvalue weighted by atomic mass is 9.94. The molecule has 1 aliphatic rings. The monoisotopic (exact) mass is 286 g/mol. The molecule has 1 aromatic heterocycles. The largest absolute Gasteiger partial charge is 0.477 e. The van der Waals surface area contributed by atoms with Crippen LogP contribution in [0, 0.1) is 0 Å². The number of hydrogen-bond acceptors (Lipinski definition) is 4. The number of carboxylic acids is 1. The van der Waals surface area contributed by atoms with Crippen molar-refractivity contribution in [2.45, 2.75) is 25.3 Å². The summed E-state index contributed by atoms with van der Waals surface area (Å²) in [6, 6.07) is 9.16. The number of rotatable bonds is 3. The molecule has 5 heteroatoms. The first kappa shape index (κ1) is 13.8. The minimum absolute atomic E-state index is 0.0523. The van der Waals surface area contributed by atoms with E-state index in [2.05, 4.69) is 17.2 Å². The van der Waals surface area contributed by atoms with Crippen LogP contribution >= 0.6 is 0 Å². The number of para-hydroxylation sites is 1. The zero-order chi connectivity index (χ0) is 14.9. The van der Waals surface area contributed by atoms with E-state index in [1.165, 1.54) is 0 Å². The van der Waals surface area contributed by atoms with E-state index < -0.39 is 5.97 Å². The van der Waals surface area contributed by atoms with E-state index in [0.717, 1.165) is 30.5 Å². The van der Waals surface area contributed by atoms with Gasteiger partial charge in [0.2, 0.25) is 0 Å². The van der Waals surface area contributed by atoms with Gasteiger partial charge in [0, 0.05) is 17.7 Å². The molecule has 5 nitrogen and oxygen atoms in total. The second-order valence-corrected chi connectivity index (χ2v) is 5.72. The minimum Gasteiger partial charge on any atom is -0.477 e. The van der Waals surface area contributed by atoms with E-state index in [1.807, 2.05) is 24.3 Å². The summed E-state index contributed by atoms with van der Waals surface area (Å²) in [5.74, 6) is -1.02. The van der Waals surface area contributed by atoms with Gasteiger partial charge in [0.15, 0.2) is 5.69 Å². The summed E-state index contributed by atoms with van der Waals surface area (Å²) in [5, 5.41) is 13.6. The van der Waals surface area contributed by atoms with Gasteiger partial charge in [0.05, 0.1) is 17.7 Å². The Labute approximate surface area is 123 Å². The number of nitrogens with zero attached hydrogens (tertiary/aromatic N) is 1. The molecule has 1 unspecified atom stereocenters. The van der Waals surface area contributed by atoms with Crippen LogP contribution in [-0.4, -0.2) is 34.8 Å². The maximum absolute atomic E-state index is 11.3. The van der Waals surface area contributed by atoms with Gasteiger partial charge >= 0.3 is 5.97 Å². The van der Waals surface area contributed by atoms with Crippen molar-refractivity contribution < 1.29 is 14.6 Å². The van der Waals surface area contributed by atoms with E-state index in [0.29, 0.717) is 12.1 Å². The van der Waals surface area contributed by atoms with Crippen LogP contribution in [-0.2, 0) is 4.74 Å². The summed E-state index contributed by atoms with van der Waals surface area (Å²) < 4.78 is 5.55. The summed E-state index contributed by atoms with van der Waals surface area (Å²) in [5.41, 5.74) is 1.35. The molecule has 1 aromatic carbocycles. The highest BCUT2D eigenvalue weighted by molar-refractivity contribution is 5.97. The van der Waals surface area contributed by atoms with Crippen LogP contribution in [0.3, 0.4) is 0 Å². The minimum atomic E-state index is -1.02. The van der Waals surface area contributed by atoms with E-state index >= 15 is 0 Å². The number of hydrogen-bond donors (Lipinski definition) is 2. The Bertz CT molecular complexity index is 678. The number of benzene rings is 1. The number of aromatic nitrogens is 1. The van der Waals surface area contributed by atoms with Crippen molar-refractivity contribution in [1.82, 2.24) is 4.98 Å². The molecule has 2 heterocycles. The van der Waals surface area contributed by atoms with Crippen molar-refractivity contribution in [3.8, 4) is 0 Å². The van der Waals surface area contributed by atoms with Crippen molar-refractivity contribution >= 4 is 22.6 Å². The zero-order valence-corrected chi connectivity index (χ0v) is 11.9. The summed E-state index contributed by atoms with van der Waals surface area (Å²) >= 11 is 0. The molecule has 0 amide bonds. The Kier molecular flexibility index (Phi) is 3.51. The first-order valence-electron chi connectivity index (χ1n) is 7.06. The van der Waals surface area contributed by atoms with Crippen LogP contribution in [0.1, 0.15) is 30.3 Å². The maximum atomic E-state index is 11.3. The number of ether oxygens (including phenoxy) is 1. The number of fused-ring (bicyclic) bond motifs is 1. The molecule has 1 aliphatic heterocycles. The molecule has 0 saturated carbocycles. The fourth-order valence-corrected chi connectivity index (χ4v) is 2.75. The van der Waals surface area contributed by atoms with E-state index in [1.54, 1.807) is 6.07 Å². The van der Waals surface area contributed by atoms with E-state index in [4.69, 9.17) is 4.74 Å². The third-order valence-corrected chi connectivity index (χ3v) is 3.81. The second kappa shape index (κ2) is 5.33. The highest BCUT2D eigenvalue weighted by atomic mass is 16.5. The van der Waals surface area contributed by atoms with Gasteiger partial charge in [-0.1, -0.05) is 18.2 Å². The second-order valence-electron chi connectivity index (χ2n) is 5.72. The van der Waals surface area contributed by atoms with Gasteiger partial charge in [-0.05, 0) is 31.9 Å². The van der Waals surface area contributed by atoms with Crippen LogP contribution < -0.4 is 5.32 Å². The summed E-state index contributed by atoms with van der Waals surface area (Å²) in [6.45, 7) is 3.50. The van der Waals surface area contributed by atoms with Crippen molar-refractivity contribution in [3.05, 3.63) is 36.0 Å². The molecular formula is C16H18N2O3. The third-order valence-electron chi connectivity index (χ3n) is 3.81. The van der Waals surface area contributed by atoms with Crippen molar-refractivity contribution in [3.63, 3.8) is 0 Å². The predicted octanol–water partition coefficient (Wildman–Crippen LogP) is 2.91. The standard InChI is InChI=1S/C16H18N2O3/c1-16(7-4-8-21-10-16)18-13-9-14(15(19)20)17-12-6-3-2-5-11(12)13/h2-3,5-6,9H,4,7-8,10H2,1H3,(H,17,18)(H,19,20). The molecular weight excluding hydrogens is 268 g/mol. The van der Waals surface area contributed by atoms with E-state index in [9.17, 15) is 9.90 Å². The van der Waals surface area contributed by atoms with Crippen LogP contribution in [0.5, 0.6) is 0 Å². The van der Waals surface area contributed by atoms with Gasteiger partial charge in [-0.2, -0.15) is 0 Å². The van der Waals surface area contributed by atoms with Crippen LogP contribution in [0.2, 0.25) is 0 Å². The molecule has 2 N–H and O–H groups in total. The number of aromatic carboxylic acids is 1. The fraction of sp³-hybridized carbons (Fsp3) is 0.375. The number of carboxylic acid groups (broad SMARTS) is 1. The van der Waals surface area contributed by atoms with Crippen molar-refractivity contribution in [2.75, 3.05) is 18.5 Å². The predicted molar refractivity (Wildman–Crippen MR) is 80.8 cm³/mol. The summed E-state index contributed by atoms with van der Waals surface area (Å²) in [7, 11) is 0. The van der Waals surface area contributed by atoms with Crippen molar-refractivity contribution in [1.29, 1.82) is 0 Å². The van der Waals surface area contributed by atoms with Gasteiger partial charge in [0.25, 0.3) is 0 Å². The van der Waals surface area contributed by atoms with Gasteiger partial charge in [0.1, 0.15) is 0 Å². The normalized spacial score (nSPS) is 22.1. The summed E-state index contributed by atoms with van der Waals surface area (Å²) in [4.78, 5) is 15.4. The number of nitrogens with one attached hydrogen (secondary N) is 1. The van der Waals surface area contributed by atoms with Gasteiger partial charge in [-0.3, -0.25) is 0 Å². The van der Waals surface area contributed by atoms with Gasteiger partial charge in [-0.15, -0.1) is 0 Å². The molecule has 1 fully saturated rings. The average molecular weight is 286 g/mol.